The summed E-state index contributed by atoms with van der Waals surface area (Å²) in [4.78, 5) is 12.8. The average molecular weight is 485 g/mol. The number of anilines is 1. The number of hydrogen-bond donors (Lipinski definition) is 1. The normalized spacial score (nSPS) is 17.7. The first-order valence-electron chi connectivity index (χ1n) is 9.13. The van der Waals surface area contributed by atoms with Crippen LogP contribution in [0.5, 0.6) is 5.75 Å². The SMILES string of the molecule is COc1ccc(S(=O)(=O)N2CCC[C@H](C(=O)Nc3ccc(Br)cc3F)C2)cc1C. The zero-order chi connectivity index (χ0) is 21.2. The number of aryl methyl sites for hydroxylation is 1. The van der Waals surface area contributed by atoms with Gasteiger partial charge in [-0.1, -0.05) is 15.9 Å². The maximum absolute atomic E-state index is 14.0. The molecule has 0 unspecified atom stereocenters. The molecule has 0 bridgehead atoms. The van der Waals surface area contributed by atoms with Gasteiger partial charge in [-0.15, -0.1) is 0 Å². The molecule has 1 N–H and O–H groups in total. The van der Waals surface area contributed by atoms with E-state index < -0.39 is 27.7 Å². The van der Waals surface area contributed by atoms with Gasteiger partial charge in [-0.2, -0.15) is 4.31 Å². The van der Waals surface area contributed by atoms with Crippen molar-refractivity contribution in [3.8, 4) is 5.75 Å². The van der Waals surface area contributed by atoms with Crippen molar-refractivity contribution in [3.05, 3.63) is 52.3 Å². The van der Waals surface area contributed by atoms with Gasteiger partial charge in [0.25, 0.3) is 0 Å². The van der Waals surface area contributed by atoms with Crippen LogP contribution in [0.25, 0.3) is 0 Å². The molecule has 0 aromatic heterocycles. The Hall–Kier alpha value is -1.97. The number of ether oxygens (including phenoxy) is 1. The molecular weight excluding hydrogens is 463 g/mol. The third-order valence-corrected chi connectivity index (χ3v) is 7.30. The molecule has 0 saturated carbocycles. The number of halogens is 2. The molecule has 0 radical (unpaired) electrons. The Bertz CT molecular complexity index is 1030. The molecule has 1 heterocycles. The number of nitrogens with one attached hydrogen (secondary N) is 1. The van der Waals surface area contributed by atoms with E-state index in [1.807, 2.05) is 0 Å². The first-order chi connectivity index (χ1) is 13.7. The second kappa shape index (κ2) is 8.81. The number of sulfonamides is 1. The highest BCUT2D eigenvalue weighted by Crippen LogP contribution is 2.28. The summed E-state index contributed by atoms with van der Waals surface area (Å²) in [7, 11) is -2.22. The van der Waals surface area contributed by atoms with Gasteiger partial charge in [-0.05, 0) is 61.7 Å². The Labute approximate surface area is 178 Å². The summed E-state index contributed by atoms with van der Waals surface area (Å²) < 4.78 is 47.2. The van der Waals surface area contributed by atoms with Crippen LogP contribution in [0.4, 0.5) is 10.1 Å². The van der Waals surface area contributed by atoms with Crippen molar-refractivity contribution < 1.29 is 22.3 Å². The predicted molar refractivity (Wildman–Crippen MR) is 112 cm³/mol. The third-order valence-electron chi connectivity index (χ3n) is 4.95. The highest BCUT2D eigenvalue weighted by atomic mass is 79.9. The first kappa shape index (κ1) is 21.7. The second-order valence-electron chi connectivity index (χ2n) is 6.95. The van der Waals surface area contributed by atoms with E-state index >= 15 is 0 Å². The summed E-state index contributed by atoms with van der Waals surface area (Å²) in [6, 6.07) is 9.04. The van der Waals surface area contributed by atoms with Gasteiger partial charge < -0.3 is 10.1 Å². The summed E-state index contributed by atoms with van der Waals surface area (Å²) in [6.45, 7) is 2.16. The number of nitrogens with zero attached hydrogens (tertiary/aromatic N) is 1. The summed E-state index contributed by atoms with van der Waals surface area (Å²) in [5.74, 6) is -0.893. The number of carbonyl (C=O) groups excluding carboxylic acids is 1. The molecule has 156 valence electrons. The minimum absolute atomic E-state index is 0.0530. The molecule has 2 aromatic rings. The van der Waals surface area contributed by atoms with Gasteiger partial charge in [0.05, 0.1) is 23.6 Å². The van der Waals surface area contributed by atoms with Crippen LogP contribution in [0, 0.1) is 18.7 Å². The maximum Gasteiger partial charge on any atom is 0.243 e. The van der Waals surface area contributed by atoms with E-state index in [1.165, 1.54) is 29.6 Å². The molecule has 0 spiro atoms. The van der Waals surface area contributed by atoms with E-state index in [0.717, 1.165) is 0 Å². The Morgan fingerprint density at radius 1 is 1.28 bits per heavy atom. The molecule has 29 heavy (non-hydrogen) atoms. The van der Waals surface area contributed by atoms with Gasteiger partial charge in [0.2, 0.25) is 15.9 Å². The van der Waals surface area contributed by atoms with Crippen LogP contribution < -0.4 is 10.1 Å². The lowest BCUT2D eigenvalue weighted by molar-refractivity contribution is -0.120. The number of amides is 1. The van der Waals surface area contributed by atoms with E-state index in [0.29, 0.717) is 35.2 Å². The third kappa shape index (κ3) is 4.79. The minimum atomic E-state index is -3.75. The van der Waals surface area contributed by atoms with E-state index in [-0.39, 0.29) is 17.1 Å². The lowest BCUT2D eigenvalue weighted by Gasteiger charge is -2.31. The molecule has 9 heteroatoms. The van der Waals surface area contributed by atoms with Crippen LogP contribution in [-0.2, 0) is 14.8 Å². The molecule has 3 rings (SSSR count). The van der Waals surface area contributed by atoms with E-state index in [9.17, 15) is 17.6 Å². The summed E-state index contributed by atoms with van der Waals surface area (Å²) in [5.41, 5.74) is 0.787. The smallest absolute Gasteiger partial charge is 0.243 e. The van der Waals surface area contributed by atoms with Crippen molar-refractivity contribution in [2.45, 2.75) is 24.7 Å². The van der Waals surface area contributed by atoms with Gasteiger partial charge in [0.15, 0.2) is 0 Å². The Morgan fingerprint density at radius 2 is 2.03 bits per heavy atom. The van der Waals surface area contributed by atoms with E-state index in [4.69, 9.17) is 4.74 Å². The van der Waals surface area contributed by atoms with Crippen LogP contribution in [-0.4, -0.2) is 38.8 Å². The molecular formula is C20H22BrFN2O4S. The molecule has 1 saturated heterocycles. The summed E-state index contributed by atoms with van der Waals surface area (Å²) in [5, 5.41) is 2.57. The molecule has 1 fully saturated rings. The number of rotatable bonds is 5. The van der Waals surface area contributed by atoms with Crippen LogP contribution in [0.3, 0.4) is 0 Å². The predicted octanol–water partition coefficient (Wildman–Crippen LogP) is 3.94. The van der Waals surface area contributed by atoms with Crippen molar-refractivity contribution in [2.75, 3.05) is 25.5 Å². The maximum atomic E-state index is 14.0. The summed E-state index contributed by atoms with van der Waals surface area (Å²) >= 11 is 3.17. The lowest BCUT2D eigenvalue weighted by atomic mass is 9.98. The molecule has 1 amide bonds. The molecule has 6 nitrogen and oxygen atoms in total. The number of carbonyl (C=O) groups is 1. The molecule has 1 aliphatic rings. The molecule has 1 atom stereocenters. The standard InChI is InChI=1S/C20H22BrFN2O4S/c1-13-10-16(6-8-19(13)28-2)29(26,27)24-9-3-4-14(12-24)20(25)23-18-7-5-15(21)11-17(18)22/h5-8,10-11,14H,3-4,9,12H2,1-2H3,(H,23,25)/t14-/m0/s1. The lowest BCUT2D eigenvalue weighted by Crippen LogP contribution is -2.43. The first-order valence-corrected chi connectivity index (χ1v) is 11.4. The minimum Gasteiger partial charge on any atom is -0.496 e. The van der Waals surface area contributed by atoms with Gasteiger partial charge in [0.1, 0.15) is 11.6 Å². The second-order valence-corrected chi connectivity index (χ2v) is 9.80. The topological polar surface area (TPSA) is 75.7 Å². The fourth-order valence-corrected chi connectivity index (χ4v) is 5.30. The zero-order valence-electron chi connectivity index (χ0n) is 16.1. The molecule has 1 aliphatic heterocycles. The van der Waals surface area contributed by atoms with Gasteiger partial charge in [-0.3, -0.25) is 4.79 Å². The Kier molecular flexibility index (Phi) is 6.60. The average Bonchev–Trinajstić information content (AvgIpc) is 2.70. The van der Waals surface area contributed by atoms with Crippen LogP contribution >= 0.6 is 15.9 Å². The molecule has 2 aromatic carbocycles. The van der Waals surface area contributed by atoms with Crippen LogP contribution in [0.2, 0.25) is 0 Å². The largest absolute Gasteiger partial charge is 0.496 e. The number of benzene rings is 2. The highest BCUT2D eigenvalue weighted by molar-refractivity contribution is 9.10. The number of hydrogen-bond acceptors (Lipinski definition) is 4. The van der Waals surface area contributed by atoms with Crippen LogP contribution in [0.1, 0.15) is 18.4 Å². The van der Waals surface area contributed by atoms with E-state index in [1.54, 1.807) is 25.1 Å². The van der Waals surface area contributed by atoms with Crippen LogP contribution in [0.15, 0.2) is 45.8 Å². The highest BCUT2D eigenvalue weighted by Gasteiger charge is 2.33. The van der Waals surface area contributed by atoms with Crippen molar-refractivity contribution in [1.29, 1.82) is 0 Å². The Morgan fingerprint density at radius 3 is 2.69 bits per heavy atom. The van der Waals surface area contributed by atoms with Crippen molar-refractivity contribution in [1.82, 2.24) is 4.31 Å². The monoisotopic (exact) mass is 484 g/mol. The Balaban J connectivity index is 1.75. The molecule has 0 aliphatic carbocycles. The quantitative estimate of drug-likeness (QED) is 0.696. The van der Waals surface area contributed by atoms with Crippen molar-refractivity contribution in [3.63, 3.8) is 0 Å². The summed E-state index contributed by atoms with van der Waals surface area (Å²) in [6.07, 6.45) is 1.09. The van der Waals surface area contributed by atoms with E-state index in [2.05, 4.69) is 21.2 Å². The van der Waals surface area contributed by atoms with Gasteiger partial charge >= 0.3 is 0 Å². The fraction of sp³-hybridized carbons (Fsp3) is 0.350. The number of piperidine rings is 1. The number of methoxy groups -OCH3 is 1. The van der Waals surface area contributed by atoms with Crippen molar-refractivity contribution >= 4 is 37.5 Å². The zero-order valence-corrected chi connectivity index (χ0v) is 18.5. The van der Waals surface area contributed by atoms with Gasteiger partial charge in [0, 0.05) is 17.6 Å². The fourth-order valence-electron chi connectivity index (χ4n) is 3.36. The van der Waals surface area contributed by atoms with Crippen molar-refractivity contribution in [2.24, 2.45) is 5.92 Å². The van der Waals surface area contributed by atoms with Gasteiger partial charge in [-0.25, -0.2) is 12.8 Å².